The molecule has 0 saturated carbocycles. The molecule has 0 atom stereocenters. The van der Waals surface area contributed by atoms with Gasteiger partial charge in [0.15, 0.2) is 11.5 Å². The molecule has 4 rings (SSSR count). The van der Waals surface area contributed by atoms with E-state index in [1.54, 1.807) is 43.6 Å². The minimum atomic E-state index is -0.406. The molecule has 0 unspecified atom stereocenters. The lowest BCUT2D eigenvalue weighted by atomic mass is 10.0. The van der Waals surface area contributed by atoms with Crippen molar-refractivity contribution >= 4 is 23.1 Å². The zero-order valence-electron chi connectivity index (χ0n) is 19.0. The molecule has 0 fully saturated rings. The number of aryl methyl sites for hydroxylation is 1. The topological polar surface area (TPSA) is 80.8 Å². The molecule has 0 bridgehead atoms. The van der Waals surface area contributed by atoms with Crippen LogP contribution < -0.4 is 14.8 Å². The number of rotatable bonds is 7. The molecule has 2 aromatic carbocycles. The van der Waals surface area contributed by atoms with Gasteiger partial charge in [0.2, 0.25) is 0 Å². The van der Waals surface area contributed by atoms with Crippen LogP contribution in [-0.2, 0) is 16.1 Å². The Morgan fingerprint density at radius 2 is 1.70 bits per heavy atom. The Balaban J connectivity index is 1.81. The summed E-state index contributed by atoms with van der Waals surface area (Å²) in [6.45, 7) is 4.05. The van der Waals surface area contributed by atoms with Gasteiger partial charge in [-0.1, -0.05) is 24.3 Å². The number of aromatic nitrogens is 1. The van der Waals surface area contributed by atoms with Gasteiger partial charge in [-0.15, -0.1) is 0 Å². The number of ether oxygens (including phenoxy) is 2. The van der Waals surface area contributed by atoms with Crippen molar-refractivity contribution in [2.45, 2.75) is 20.4 Å². The maximum absolute atomic E-state index is 13.5. The summed E-state index contributed by atoms with van der Waals surface area (Å²) in [6, 6.07) is 16.4. The number of carbonyl (C=O) groups excluding carboxylic acids is 2. The number of anilines is 1. The third kappa shape index (κ3) is 4.17. The van der Waals surface area contributed by atoms with Crippen LogP contribution in [0.3, 0.4) is 0 Å². The molecule has 168 valence electrons. The molecule has 1 aromatic heterocycles. The van der Waals surface area contributed by atoms with Crippen molar-refractivity contribution in [2.75, 3.05) is 19.5 Å². The predicted molar refractivity (Wildman–Crippen MR) is 126 cm³/mol. The Labute approximate surface area is 192 Å². The van der Waals surface area contributed by atoms with Crippen molar-refractivity contribution in [3.8, 4) is 11.5 Å². The summed E-state index contributed by atoms with van der Waals surface area (Å²) in [5.74, 6) is 0.201. The maximum atomic E-state index is 13.5. The van der Waals surface area contributed by atoms with Crippen molar-refractivity contribution in [2.24, 2.45) is 0 Å². The van der Waals surface area contributed by atoms with E-state index in [1.807, 2.05) is 38.1 Å². The molecule has 7 nitrogen and oxygen atoms in total. The van der Waals surface area contributed by atoms with Gasteiger partial charge in [0.1, 0.15) is 5.70 Å². The third-order valence-corrected chi connectivity index (χ3v) is 5.75. The van der Waals surface area contributed by atoms with Crippen LogP contribution in [0.25, 0.3) is 5.57 Å². The van der Waals surface area contributed by atoms with Crippen molar-refractivity contribution in [3.63, 3.8) is 0 Å². The van der Waals surface area contributed by atoms with Crippen molar-refractivity contribution in [1.29, 1.82) is 0 Å². The van der Waals surface area contributed by atoms with E-state index in [1.165, 1.54) is 12.0 Å². The van der Waals surface area contributed by atoms with E-state index in [-0.39, 0.29) is 17.8 Å². The molecular weight excluding hydrogens is 418 g/mol. The molecule has 2 heterocycles. The Bertz CT molecular complexity index is 1250. The largest absolute Gasteiger partial charge is 0.493 e. The standard InChI is InChI=1S/C26H25N3O4/c1-16-8-7-10-20(17(16)2)28-24-23(18-11-12-21(32-3)22(14-18)33-4)25(30)29(26(24)31)15-19-9-5-6-13-27-19/h5-14,28H,15H2,1-4H3. The van der Waals surface area contributed by atoms with E-state index < -0.39 is 11.8 Å². The van der Waals surface area contributed by atoms with Gasteiger partial charge in [-0.3, -0.25) is 19.5 Å². The van der Waals surface area contributed by atoms with Crippen LogP contribution in [0.15, 0.2) is 66.5 Å². The van der Waals surface area contributed by atoms with Crippen molar-refractivity contribution in [3.05, 3.63) is 88.9 Å². The highest BCUT2D eigenvalue weighted by molar-refractivity contribution is 6.36. The average Bonchev–Trinajstić information content (AvgIpc) is 3.06. The first-order valence-electron chi connectivity index (χ1n) is 10.5. The minimum Gasteiger partial charge on any atom is -0.493 e. The summed E-state index contributed by atoms with van der Waals surface area (Å²) in [7, 11) is 3.07. The molecule has 1 aliphatic heterocycles. The number of carbonyl (C=O) groups is 2. The van der Waals surface area contributed by atoms with Crippen LogP contribution in [-0.4, -0.2) is 35.9 Å². The van der Waals surface area contributed by atoms with Gasteiger partial charge < -0.3 is 14.8 Å². The first kappa shape index (κ1) is 22.1. The first-order chi connectivity index (χ1) is 15.9. The monoisotopic (exact) mass is 443 g/mol. The van der Waals surface area contributed by atoms with E-state index in [4.69, 9.17) is 9.47 Å². The second kappa shape index (κ2) is 9.16. The Morgan fingerprint density at radius 3 is 2.39 bits per heavy atom. The molecule has 3 aromatic rings. The lowest BCUT2D eigenvalue weighted by Crippen LogP contribution is -2.32. The highest BCUT2D eigenvalue weighted by atomic mass is 16.5. The molecular formula is C26H25N3O4. The van der Waals surface area contributed by atoms with Crippen LogP contribution in [0, 0.1) is 13.8 Å². The molecule has 0 saturated heterocycles. The van der Waals surface area contributed by atoms with E-state index in [0.29, 0.717) is 22.8 Å². The van der Waals surface area contributed by atoms with E-state index in [0.717, 1.165) is 16.8 Å². The van der Waals surface area contributed by atoms with Crippen LogP contribution in [0.4, 0.5) is 5.69 Å². The Kier molecular flexibility index (Phi) is 6.13. The molecule has 1 N–H and O–H groups in total. The SMILES string of the molecule is COc1ccc(C2=C(Nc3cccc(C)c3C)C(=O)N(Cc3ccccn3)C2=O)cc1OC. The number of amides is 2. The van der Waals surface area contributed by atoms with Crippen LogP contribution in [0.2, 0.25) is 0 Å². The fraction of sp³-hybridized carbons (Fsp3) is 0.192. The minimum absolute atomic E-state index is 0.0767. The van der Waals surface area contributed by atoms with Gasteiger partial charge in [-0.25, -0.2) is 0 Å². The number of methoxy groups -OCH3 is 2. The number of hydrogen-bond donors (Lipinski definition) is 1. The number of nitrogens with zero attached hydrogens (tertiary/aromatic N) is 2. The van der Waals surface area contributed by atoms with Gasteiger partial charge in [0.05, 0.1) is 32.0 Å². The quantitative estimate of drug-likeness (QED) is 0.554. The number of benzene rings is 2. The van der Waals surface area contributed by atoms with Gasteiger partial charge in [0.25, 0.3) is 11.8 Å². The summed E-state index contributed by atoms with van der Waals surface area (Å²) in [5.41, 5.74) is 4.52. The Morgan fingerprint density at radius 1 is 0.909 bits per heavy atom. The summed E-state index contributed by atoms with van der Waals surface area (Å²) in [6.07, 6.45) is 1.64. The van der Waals surface area contributed by atoms with E-state index >= 15 is 0 Å². The van der Waals surface area contributed by atoms with Crippen molar-refractivity contribution in [1.82, 2.24) is 9.88 Å². The Hall–Kier alpha value is -4.13. The zero-order chi connectivity index (χ0) is 23.5. The molecule has 1 aliphatic rings. The lowest BCUT2D eigenvalue weighted by molar-refractivity contribution is -0.137. The zero-order valence-corrected chi connectivity index (χ0v) is 19.0. The van der Waals surface area contributed by atoms with Gasteiger partial charge >= 0.3 is 0 Å². The molecule has 0 radical (unpaired) electrons. The summed E-state index contributed by atoms with van der Waals surface area (Å²) >= 11 is 0. The summed E-state index contributed by atoms with van der Waals surface area (Å²) < 4.78 is 10.7. The molecule has 0 spiro atoms. The average molecular weight is 444 g/mol. The summed E-state index contributed by atoms with van der Waals surface area (Å²) in [4.78, 5) is 32.5. The van der Waals surface area contributed by atoms with Gasteiger partial charge in [-0.2, -0.15) is 0 Å². The van der Waals surface area contributed by atoms with Gasteiger partial charge in [-0.05, 0) is 60.9 Å². The van der Waals surface area contributed by atoms with Crippen LogP contribution in [0.5, 0.6) is 11.5 Å². The molecule has 0 aliphatic carbocycles. The number of imide groups is 1. The van der Waals surface area contributed by atoms with Gasteiger partial charge in [0, 0.05) is 11.9 Å². The second-order valence-corrected chi connectivity index (χ2v) is 7.71. The number of nitrogens with one attached hydrogen (secondary N) is 1. The smallest absolute Gasteiger partial charge is 0.278 e. The lowest BCUT2D eigenvalue weighted by Gasteiger charge is -2.15. The van der Waals surface area contributed by atoms with E-state index in [2.05, 4.69) is 10.3 Å². The summed E-state index contributed by atoms with van der Waals surface area (Å²) in [5, 5.41) is 3.24. The molecule has 2 amide bonds. The first-order valence-corrected chi connectivity index (χ1v) is 10.5. The number of hydrogen-bond acceptors (Lipinski definition) is 6. The second-order valence-electron chi connectivity index (χ2n) is 7.71. The maximum Gasteiger partial charge on any atom is 0.278 e. The molecule has 7 heteroatoms. The predicted octanol–water partition coefficient (Wildman–Crippen LogP) is 4.11. The van der Waals surface area contributed by atoms with Crippen LogP contribution in [0.1, 0.15) is 22.4 Å². The highest BCUT2D eigenvalue weighted by Gasteiger charge is 2.39. The number of pyridine rings is 1. The fourth-order valence-corrected chi connectivity index (χ4v) is 3.77. The molecule has 33 heavy (non-hydrogen) atoms. The third-order valence-electron chi connectivity index (χ3n) is 5.75. The van der Waals surface area contributed by atoms with Crippen molar-refractivity contribution < 1.29 is 19.1 Å². The fourth-order valence-electron chi connectivity index (χ4n) is 3.77. The van der Waals surface area contributed by atoms with E-state index in [9.17, 15) is 9.59 Å². The highest BCUT2D eigenvalue weighted by Crippen LogP contribution is 2.36. The normalized spacial score (nSPS) is 13.5. The van der Waals surface area contributed by atoms with Crippen LogP contribution >= 0.6 is 0 Å².